The second-order valence-electron chi connectivity index (χ2n) is 8.63. The maximum absolute atomic E-state index is 13.4. The third kappa shape index (κ3) is 5.55. The van der Waals surface area contributed by atoms with Crippen LogP contribution in [0.5, 0.6) is 0 Å². The fourth-order valence-corrected chi connectivity index (χ4v) is 5.51. The molecule has 9 heteroatoms. The normalized spacial score (nSPS) is 13.9. The maximum atomic E-state index is 13.4. The van der Waals surface area contributed by atoms with Crippen molar-refractivity contribution in [3.63, 3.8) is 0 Å². The highest BCUT2D eigenvalue weighted by Gasteiger charge is 2.27. The molecule has 184 valence electrons. The Morgan fingerprint density at radius 3 is 2.64 bits per heavy atom. The van der Waals surface area contributed by atoms with Gasteiger partial charge in [-0.15, -0.1) is 0 Å². The molecule has 0 bridgehead atoms. The summed E-state index contributed by atoms with van der Waals surface area (Å²) in [5, 5.41) is 5.27. The third-order valence-corrected chi connectivity index (χ3v) is 8.55. The van der Waals surface area contributed by atoms with Crippen LogP contribution in [0.15, 0.2) is 69.7 Å². The van der Waals surface area contributed by atoms with Crippen molar-refractivity contribution >= 4 is 78.1 Å². The van der Waals surface area contributed by atoms with Gasteiger partial charge in [-0.25, -0.2) is 9.78 Å². The minimum Gasteiger partial charge on any atom is -0.333 e. The second kappa shape index (κ2) is 11.1. The predicted molar refractivity (Wildman–Crippen MR) is 154 cm³/mol. The zero-order chi connectivity index (χ0) is 25.2. The van der Waals surface area contributed by atoms with Gasteiger partial charge in [-0.3, -0.25) is 9.47 Å². The van der Waals surface area contributed by atoms with Crippen LogP contribution in [0.2, 0.25) is 10.2 Å². The lowest BCUT2D eigenvalue weighted by Crippen LogP contribution is -2.34. The Kier molecular flexibility index (Phi) is 7.84. The number of nitrogens with one attached hydrogen (secondary N) is 1. The molecule has 1 aliphatic heterocycles. The van der Waals surface area contributed by atoms with Crippen molar-refractivity contribution in [3.8, 4) is 0 Å². The molecule has 4 aromatic rings. The summed E-state index contributed by atoms with van der Waals surface area (Å²) in [5.41, 5.74) is 5.15. The Balaban J connectivity index is 1.40. The maximum Gasteiger partial charge on any atom is 0.326 e. The number of amides is 1. The number of aromatic nitrogens is 2. The number of carbonyl (C=O) groups excluding carboxylic acids is 1. The molecule has 0 spiro atoms. The molecule has 2 aromatic heterocycles. The summed E-state index contributed by atoms with van der Waals surface area (Å²) < 4.78 is 3.69. The molecule has 2 aromatic carbocycles. The van der Waals surface area contributed by atoms with Gasteiger partial charge >= 0.3 is 6.03 Å². The van der Waals surface area contributed by atoms with E-state index >= 15 is 0 Å². The summed E-state index contributed by atoms with van der Waals surface area (Å²) in [4.78, 5) is 19.8. The van der Waals surface area contributed by atoms with Gasteiger partial charge in [-0.05, 0) is 84.9 Å². The van der Waals surface area contributed by atoms with Crippen LogP contribution in [0.3, 0.4) is 0 Å². The average Bonchev–Trinajstić information content (AvgIpc) is 3.16. The van der Waals surface area contributed by atoms with Crippen molar-refractivity contribution in [1.82, 2.24) is 19.8 Å². The van der Waals surface area contributed by atoms with Crippen molar-refractivity contribution in [3.05, 3.63) is 102 Å². The van der Waals surface area contributed by atoms with E-state index in [1.54, 1.807) is 12.3 Å². The van der Waals surface area contributed by atoms with Gasteiger partial charge in [0.1, 0.15) is 5.15 Å². The van der Waals surface area contributed by atoms with Crippen LogP contribution in [-0.2, 0) is 19.5 Å². The summed E-state index contributed by atoms with van der Waals surface area (Å²) in [5.74, 6) is 0. The first-order valence-electron chi connectivity index (χ1n) is 11.4. The van der Waals surface area contributed by atoms with Crippen LogP contribution < -0.4 is 5.32 Å². The van der Waals surface area contributed by atoms with Gasteiger partial charge < -0.3 is 5.32 Å². The summed E-state index contributed by atoms with van der Waals surface area (Å²) in [6, 6.07) is 15.4. The standard InChI is InChI=1S/C27H22Br2Cl2N4O/c28-22-13-20-21-16-34(10-1-2-17-3-5-19(30)6-4-17)11-8-24(21)35(25(20)14-23(22)29)27(36)33-15-18-7-9-32-26(31)12-18/h1-7,9,12-14H,8,10-11,15-16H2,(H,33,36)/b2-1+. The highest BCUT2D eigenvalue weighted by atomic mass is 79.9. The van der Waals surface area contributed by atoms with E-state index in [2.05, 4.69) is 65.3 Å². The molecule has 5 rings (SSSR count). The second-order valence-corrected chi connectivity index (χ2v) is 11.2. The van der Waals surface area contributed by atoms with Crippen molar-refractivity contribution in [1.29, 1.82) is 0 Å². The van der Waals surface area contributed by atoms with Crippen LogP contribution >= 0.6 is 55.1 Å². The molecule has 3 heterocycles. The molecule has 1 amide bonds. The fourth-order valence-electron chi connectivity index (χ4n) is 4.51. The van der Waals surface area contributed by atoms with E-state index in [0.717, 1.165) is 67.7 Å². The Bertz CT molecular complexity index is 1470. The number of pyridine rings is 1. The van der Waals surface area contributed by atoms with Gasteiger partial charge in [0, 0.05) is 63.8 Å². The average molecular weight is 649 g/mol. The van der Waals surface area contributed by atoms with E-state index in [-0.39, 0.29) is 6.03 Å². The Hall–Kier alpha value is -2.16. The molecule has 0 atom stereocenters. The van der Waals surface area contributed by atoms with E-state index in [1.807, 2.05) is 41.0 Å². The van der Waals surface area contributed by atoms with Gasteiger partial charge in [0.2, 0.25) is 0 Å². The van der Waals surface area contributed by atoms with Crippen molar-refractivity contribution in [2.24, 2.45) is 0 Å². The summed E-state index contributed by atoms with van der Waals surface area (Å²) in [6.45, 7) is 2.82. The molecule has 1 N–H and O–H groups in total. The van der Waals surface area contributed by atoms with Crippen LogP contribution in [0.25, 0.3) is 17.0 Å². The number of nitrogens with zero attached hydrogens (tertiary/aromatic N) is 3. The minimum absolute atomic E-state index is 0.153. The Morgan fingerprint density at radius 2 is 1.86 bits per heavy atom. The molecular weight excluding hydrogens is 627 g/mol. The first kappa shape index (κ1) is 25.5. The molecule has 5 nitrogen and oxygen atoms in total. The van der Waals surface area contributed by atoms with E-state index in [4.69, 9.17) is 23.2 Å². The van der Waals surface area contributed by atoms with Crippen LogP contribution in [-0.4, -0.2) is 33.6 Å². The first-order valence-corrected chi connectivity index (χ1v) is 13.8. The highest BCUT2D eigenvalue weighted by Crippen LogP contribution is 2.36. The molecule has 36 heavy (non-hydrogen) atoms. The predicted octanol–water partition coefficient (Wildman–Crippen LogP) is 7.70. The number of halogens is 4. The number of hydrogen-bond acceptors (Lipinski definition) is 3. The topological polar surface area (TPSA) is 50.2 Å². The van der Waals surface area contributed by atoms with E-state index < -0.39 is 0 Å². The van der Waals surface area contributed by atoms with Gasteiger partial charge in [0.05, 0.1) is 5.52 Å². The zero-order valence-electron chi connectivity index (χ0n) is 19.1. The lowest BCUT2D eigenvalue weighted by atomic mass is 10.0. The van der Waals surface area contributed by atoms with E-state index in [1.165, 1.54) is 5.56 Å². The summed E-state index contributed by atoms with van der Waals surface area (Å²) in [7, 11) is 0. The van der Waals surface area contributed by atoms with E-state index in [0.29, 0.717) is 11.7 Å². The van der Waals surface area contributed by atoms with Gasteiger partial charge in [0.25, 0.3) is 0 Å². The van der Waals surface area contributed by atoms with Crippen molar-refractivity contribution < 1.29 is 4.79 Å². The van der Waals surface area contributed by atoms with Gasteiger partial charge in [-0.1, -0.05) is 47.5 Å². The smallest absolute Gasteiger partial charge is 0.326 e. The fraction of sp³-hybridized carbons (Fsp3) is 0.185. The first-order chi connectivity index (χ1) is 17.4. The number of carbonyl (C=O) groups is 1. The molecule has 0 unspecified atom stereocenters. The summed E-state index contributed by atoms with van der Waals surface area (Å²) in [6.07, 6.45) is 6.71. The number of benzene rings is 2. The summed E-state index contributed by atoms with van der Waals surface area (Å²) >= 11 is 19.2. The van der Waals surface area contributed by atoms with Crippen LogP contribution in [0.1, 0.15) is 22.4 Å². The molecule has 0 saturated heterocycles. The SMILES string of the molecule is O=C(NCc1ccnc(Cl)c1)n1c2c(c3cc(Br)c(Br)cc31)CN(C/C=C/c1ccc(Cl)cc1)CC2. The van der Waals surface area contributed by atoms with Crippen molar-refractivity contribution in [2.75, 3.05) is 13.1 Å². The number of hydrogen-bond donors (Lipinski definition) is 1. The van der Waals surface area contributed by atoms with Crippen molar-refractivity contribution in [2.45, 2.75) is 19.5 Å². The van der Waals surface area contributed by atoms with Gasteiger partial charge in [0.15, 0.2) is 0 Å². The largest absolute Gasteiger partial charge is 0.333 e. The van der Waals surface area contributed by atoms with Crippen LogP contribution in [0, 0.1) is 0 Å². The quantitative estimate of drug-likeness (QED) is 0.226. The van der Waals surface area contributed by atoms with E-state index in [9.17, 15) is 4.79 Å². The molecule has 0 saturated carbocycles. The minimum atomic E-state index is -0.153. The zero-order valence-corrected chi connectivity index (χ0v) is 23.8. The molecular formula is C27H22Br2Cl2N4O. The number of fused-ring (bicyclic) bond motifs is 3. The highest BCUT2D eigenvalue weighted by molar-refractivity contribution is 9.13. The molecule has 0 fully saturated rings. The Labute approximate surface area is 236 Å². The lowest BCUT2D eigenvalue weighted by molar-refractivity contribution is 0.240. The lowest BCUT2D eigenvalue weighted by Gasteiger charge is -2.27. The molecule has 0 aliphatic carbocycles. The molecule has 0 radical (unpaired) electrons. The monoisotopic (exact) mass is 646 g/mol. The molecule has 1 aliphatic rings. The third-order valence-electron chi connectivity index (χ3n) is 6.25. The Morgan fingerprint density at radius 1 is 1.08 bits per heavy atom. The number of rotatable bonds is 5. The van der Waals surface area contributed by atoms with Crippen LogP contribution in [0.4, 0.5) is 4.79 Å². The van der Waals surface area contributed by atoms with Gasteiger partial charge in [-0.2, -0.15) is 0 Å².